The summed E-state index contributed by atoms with van der Waals surface area (Å²) >= 11 is 1.72. The molecule has 1 heterocycles. The number of nitrogens with one attached hydrogen (secondary N) is 2. The van der Waals surface area contributed by atoms with E-state index in [1.807, 2.05) is 0 Å². The lowest BCUT2D eigenvalue weighted by atomic mass is 10.2. The summed E-state index contributed by atoms with van der Waals surface area (Å²) in [5.74, 6) is 0.766. The van der Waals surface area contributed by atoms with Gasteiger partial charge in [-0.15, -0.1) is 35.3 Å². The van der Waals surface area contributed by atoms with Crippen LogP contribution in [0.5, 0.6) is 5.75 Å². The molecule has 132 valence electrons. The molecule has 0 unspecified atom stereocenters. The van der Waals surface area contributed by atoms with Crippen LogP contribution in [-0.2, 0) is 13.1 Å². The van der Waals surface area contributed by atoms with Gasteiger partial charge in [0.15, 0.2) is 5.96 Å². The number of benzene rings is 1. The highest BCUT2D eigenvalue weighted by atomic mass is 127. The Labute approximate surface area is 161 Å². The molecule has 24 heavy (non-hydrogen) atoms. The average molecular weight is 467 g/mol. The first kappa shape index (κ1) is 20.6. The second-order valence-electron chi connectivity index (χ2n) is 4.78. The quantitative estimate of drug-likeness (QED) is 0.382. The fraction of sp³-hybridized carbons (Fsp3) is 0.312. The molecule has 0 aliphatic heterocycles. The zero-order valence-corrected chi connectivity index (χ0v) is 16.5. The maximum atomic E-state index is 12.4. The van der Waals surface area contributed by atoms with Crippen molar-refractivity contribution in [2.75, 3.05) is 7.05 Å². The number of halogens is 3. The van der Waals surface area contributed by atoms with Gasteiger partial charge in [-0.1, -0.05) is 18.2 Å². The molecule has 0 amide bonds. The largest absolute Gasteiger partial charge is 0.434 e. The van der Waals surface area contributed by atoms with E-state index < -0.39 is 6.61 Å². The zero-order valence-electron chi connectivity index (χ0n) is 13.4. The number of hydrogen-bond acceptors (Lipinski definition) is 3. The number of guanidine groups is 1. The van der Waals surface area contributed by atoms with Crippen LogP contribution >= 0.6 is 35.3 Å². The van der Waals surface area contributed by atoms with Crippen molar-refractivity contribution in [3.05, 3.63) is 51.7 Å². The summed E-state index contributed by atoms with van der Waals surface area (Å²) in [5, 5.41) is 6.28. The molecule has 2 rings (SSSR count). The molecule has 0 saturated heterocycles. The summed E-state index contributed by atoms with van der Waals surface area (Å²) < 4.78 is 29.3. The Bertz CT molecular complexity index is 664. The number of aryl methyl sites for hydroxylation is 1. The van der Waals surface area contributed by atoms with Gasteiger partial charge >= 0.3 is 6.61 Å². The van der Waals surface area contributed by atoms with E-state index in [1.165, 1.54) is 15.8 Å². The Morgan fingerprint density at radius 3 is 2.50 bits per heavy atom. The monoisotopic (exact) mass is 467 g/mol. The number of para-hydroxylation sites is 1. The van der Waals surface area contributed by atoms with Crippen molar-refractivity contribution in [1.29, 1.82) is 0 Å². The summed E-state index contributed by atoms with van der Waals surface area (Å²) in [5.41, 5.74) is 0.641. The van der Waals surface area contributed by atoms with E-state index in [0.717, 1.165) is 0 Å². The van der Waals surface area contributed by atoms with Gasteiger partial charge in [-0.3, -0.25) is 4.99 Å². The summed E-state index contributed by atoms with van der Waals surface area (Å²) in [6, 6.07) is 10.8. The van der Waals surface area contributed by atoms with Gasteiger partial charge in [-0.25, -0.2) is 0 Å². The van der Waals surface area contributed by atoms with E-state index >= 15 is 0 Å². The van der Waals surface area contributed by atoms with Gasteiger partial charge in [0.25, 0.3) is 0 Å². The molecule has 0 spiro atoms. The highest BCUT2D eigenvalue weighted by molar-refractivity contribution is 14.0. The molecule has 0 bridgehead atoms. The molecule has 4 nitrogen and oxygen atoms in total. The van der Waals surface area contributed by atoms with Crippen LogP contribution in [0, 0.1) is 6.92 Å². The van der Waals surface area contributed by atoms with Crippen LogP contribution in [0.15, 0.2) is 41.4 Å². The molecular formula is C16H20F2IN3OS. The van der Waals surface area contributed by atoms with Crippen LogP contribution in [0.3, 0.4) is 0 Å². The van der Waals surface area contributed by atoms with Crippen molar-refractivity contribution >= 4 is 41.3 Å². The molecule has 0 radical (unpaired) electrons. The van der Waals surface area contributed by atoms with Crippen molar-refractivity contribution in [2.24, 2.45) is 4.99 Å². The van der Waals surface area contributed by atoms with Gasteiger partial charge in [-0.05, 0) is 25.1 Å². The SMILES string of the molecule is CN=C(NCc1ccc(C)s1)NCc1ccccc1OC(F)F.I. The van der Waals surface area contributed by atoms with Crippen molar-refractivity contribution in [3.63, 3.8) is 0 Å². The number of alkyl halides is 2. The van der Waals surface area contributed by atoms with Crippen LogP contribution < -0.4 is 15.4 Å². The minimum Gasteiger partial charge on any atom is -0.434 e. The van der Waals surface area contributed by atoms with E-state index in [4.69, 9.17) is 0 Å². The Hall–Kier alpha value is -1.42. The third kappa shape index (κ3) is 6.60. The topological polar surface area (TPSA) is 45.7 Å². The van der Waals surface area contributed by atoms with Crippen LogP contribution in [0.25, 0.3) is 0 Å². The molecule has 1 aromatic heterocycles. The smallest absolute Gasteiger partial charge is 0.387 e. The van der Waals surface area contributed by atoms with Crippen molar-refractivity contribution in [2.45, 2.75) is 26.6 Å². The third-order valence-corrected chi connectivity index (χ3v) is 4.09. The van der Waals surface area contributed by atoms with Gasteiger partial charge in [0.1, 0.15) is 5.75 Å². The van der Waals surface area contributed by atoms with Crippen LogP contribution in [-0.4, -0.2) is 19.6 Å². The number of nitrogens with zero attached hydrogens (tertiary/aromatic N) is 1. The third-order valence-electron chi connectivity index (χ3n) is 3.08. The maximum Gasteiger partial charge on any atom is 0.387 e. The molecule has 0 fully saturated rings. The summed E-state index contributed by atoms with van der Waals surface area (Å²) in [7, 11) is 1.66. The van der Waals surface area contributed by atoms with Crippen LogP contribution in [0.2, 0.25) is 0 Å². The number of rotatable bonds is 6. The van der Waals surface area contributed by atoms with Crippen molar-refractivity contribution in [1.82, 2.24) is 10.6 Å². The van der Waals surface area contributed by atoms with Gasteiger partial charge in [0.2, 0.25) is 0 Å². The minimum atomic E-state index is -2.84. The van der Waals surface area contributed by atoms with Gasteiger partial charge in [-0.2, -0.15) is 8.78 Å². The Morgan fingerprint density at radius 2 is 1.88 bits per heavy atom. The zero-order chi connectivity index (χ0) is 16.7. The highest BCUT2D eigenvalue weighted by Crippen LogP contribution is 2.20. The molecule has 1 aromatic carbocycles. The number of thiophene rings is 1. The first-order valence-corrected chi connectivity index (χ1v) is 7.92. The lowest BCUT2D eigenvalue weighted by Crippen LogP contribution is -2.36. The maximum absolute atomic E-state index is 12.4. The Balaban J connectivity index is 0.00000288. The van der Waals surface area contributed by atoms with E-state index in [1.54, 1.807) is 36.6 Å². The molecule has 0 saturated carbocycles. The molecular weight excluding hydrogens is 447 g/mol. The van der Waals surface area contributed by atoms with E-state index in [2.05, 4.69) is 39.4 Å². The normalized spacial score (nSPS) is 11.1. The van der Waals surface area contributed by atoms with Gasteiger partial charge < -0.3 is 15.4 Å². The van der Waals surface area contributed by atoms with E-state index in [0.29, 0.717) is 24.6 Å². The molecule has 8 heteroatoms. The Kier molecular flexibility index (Phi) is 8.98. The van der Waals surface area contributed by atoms with Gasteiger partial charge in [0.05, 0.1) is 6.54 Å². The second-order valence-corrected chi connectivity index (χ2v) is 6.15. The number of ether oxygens (including phenoxy) is 1. The summed E-state index contributed by atoms with van der Waals surface area (Å²) in [4.78, 5) is 6.58. The fourth-order valence-electron chi connectivity index (χ4n) is 2.01. The molecule has 0 aliphatic carbocycles. The predicted molar refractivity (Wildman–Crippen MR) is 105 cm³/mol. The van der Waals surface area contributed by atoms with Crippen LogP contribution in [0.1, 0.15) is 15.3 Å². The second kappa shape index (κ2) is 10.4. The van der Waals surface area contributed by atoms with E-state index in [9.17, 15) is 8.78 Å². The summed E-state index contributed by atoms with van der Waals surface area (Å²) in [6.07, 6.45) is 0. The first-order chi connectivity index (χ1) is 11.1. The van der Waals surface area contributed by atoms with Crippen molar-refractivity contribution in [3.8, 4) is 5.75 Å². The van der Waals surface area contributed by atoms with Crippen molar-refractivity contribution < 1.29 is 13.5 Å². The predicted octanol–water partition coefficient (Wildman–Crippen LogP) is 4.14. The molecule has 2 N–H and O–H groups in total. The minimum absolute atomic E-state index is 0. The van der Waals surface area contributed by atoms with Crippen LogP contribution in [0.4, 0.5) is 8.78 Å². The lowest BCUT2D eigenvalue weighted by Gasteiger charge is -2.14. The first-order valence-electron chi connectivity index (χ1n) is 7.11. The lowest BCUT2D eigenvalue weighted by molar-refractivity contribution is -0.0504. The summed E-state index contributed by atoms with van der Waals surface area (Å²) in [6.45, 7) is 0.219. The molecule has 0 atom stereocenters. The molecule has 2 aromatic rings. The van der Waals surface area contributed by atoms with Gasteiger partial charge in [0, 0.05) is 28.9 Å². The fourth-order valence-corrected chi connectivity index (χ4v) is 2.84. The number of aliphatic imine (C=N–C) groups is 1. The standard InChI is InChI=1S/C16H19F2N3OS.HI/c1-11-7-8-13(23-11)10-21-16(19-2)20-9-12-5-3-4-6-14(12)22-15(17)18;/h3-8,15H,9-10H2,1-2H3,(H2,19,20,21);1H. The molecule has 0 aliphatic rings. The highest BCUT2D eigenvalue weighted by Gasteiger charge is 2.09. The average Bonchev–Trinajstić information content (AvgIpc) is 2.94. The van der Waals surface area contributed by atoms with E-state index in [-0.39, 0.29) is 29.7 Å². The Morgan fingerprint density at radius 1 is 1.17 bits per heavy atom. The number of hydrogen-bond donors (Lipinski definition) is 2.